The molecule has 0 fully saturated rings. The van der Waals surface area contributed by atoms with Gasteiger partial charge in [-0.25, -0.2) is 4.79 Å². The van der Waals surface area contributed by atoms with E-state index in [1.165, 1.54) is 24.3 Å². The van der Waals surface area contributed by atoms with Crippen LogP contribution in [0.25, 0.3) is 0 Å². The van der Waals surface area contributed by atoms with Crippen molar-refractivity contribution in [2.24, 2.45) is 0 Å². The summed E-state index contributed by atoms with van der Waals surface area (Å²) in [6, 6.07) is 5.35. The molecule has 0 saturated heterocycles. The van der Waals surface area contributed by atoms with Crippen LogP contribution in [0, 0.1) is 10.1 Å². The Balaban J connectivity index is 3.00. The summed E-state index contributed by atoms with van der Waals surface area (Å²) in [6.07, 6.45) is -0.808. The summed E-state index contributed by atoms with van der Waals surface area (Å²) in [4.78, 5) is 20.9. The topological polar surface area (TPSA) is 72.7 Å². The van der Waals surface area contributed by atoms with Crippen molar-refractivity contribution in [3.05, 3.63) is 34.4 Å². The number of benzene rings is 1. The molecule has 0 aliphatic rings. The Labute approximate surface area is 90.3 Å². The first-order valence-corrected chi connectivity index (χ1v) is 4.18. The van der Waals surface area contributed by atoms with E-state index in [0.717, 1.165) is 7.11 Å². The van der Waals surface area contributed by atoms with Crippen molar-refractivity contribution in [1.29, 1.82) is 0 Å². The number of nitro groups is 1. The number of carbonyl (C=O) groups is 1. The van der Waals surface area contributed by atoms with Crippen LogP contribution >= 0.6 is 11.8 Å². The van der Waals surface area contributed by atoms with Gasteiger partial charge < -0.3 is 4.74 Å². The normalized spacial score (nSPS) is 9.47. The van der Waals surface area contributed by atoms with Gasteiger partial charge in [0.15, 0.2) is 0 Å². The monoisotopic (exact) mass is 230 g/mol. The molecule has 0 bridgehead atoms. The van der Waals surface area contributed by atoms with Crippen molar-refractivity contribution in [2.45, 2.75) is 0 Å². The third kappa shape index (κ3) is 2.57. The second-order valence-corrected chi connectivity index (χ2v) is 2.87. The Kier molecular flexibility index (Phi) is 3.46. The number of halogens is 1. The molecule has 0 atom stereocenters. The van der Waals surface area contributed by atoms with E-state index >= 15 is 0 Å². The summed E-state index contributed by atoms with van der Waals surface area (Å²) >= 11 is 5.57. The molecular weight excluding hydrogens is 224 g/mol. The van der Waals surface area contributed by atoms with Crippen molar-refractivity contribution in [3.8, 4) is 0 Å². The maximum Gasteiger partial charge on any atom is 0.429 e. The predicted octanol–water partition coefficient (Wildman–Crippen LogP) is 2.32. The minimum atomic E-state index is -0.808. The summed E-state index contributed by atoms with van der Waals surface area (Å²) in [6.45, 7) is 0. The Hall–Kier alpha value is -1.82. The van der Waals surface area contributed by atoms with Crippen molar-refractivity contribution in [1.82, 2.24) is 0 Å². The maximum atomic E-state index is 11.0. The van der Waals surface area contributed by atoms with Crippen LogP contribution in [-0.2, 0) is 4.74 Å². The van der Waals surface area contributed by atoms with E-state index in [-0.39, 0.29) is 11.4 Å². The average molecular weight is 231 g/mol. The molecular formula is C8H7ClN2O4. The average Bonchev–Trinajstić information content (AvgIpc) is 2.27. The zero-order valence-corrected chi connectivity index (χ0v) is 8.47. The van der Waals surface area contributed by atoms with E-state index in [1.807, 2.05) is 0 Å². The molecule has 6 nitrogen and oxygen atoms in total. The zero-order valence-electron chi connectivity index (χ0n) is 7.71. The lowest BCUT2D eigenvalue weighted by Crippen LogP contribution is -2.20. The first-order chi connectivity index (χ1) is 7.06. The number of ether oxygens (including phenoxy) is 1. The van der Waals surface area contributed by atoms with Crippen molar-refractivity contribution < 1.29 is 14.5 Å². The van der Waals surface area contributed by atoms with Gasteiger partial charge in [0.2, 0.25) is 0 Å². The molecule has 1 aromatic carbocycles. The lowest BCUT2D eigenvalue weighted by Gasteiger charge is -2.11. The highest BCUT2D eigenvalue weighted by molar-refractivity contribution is 6.35. The summed E-state index contributed by atoms with van der Waals surface area (Å²) < 4.78 is 5.01. The molecule has 0 aliphatic carbocycles. The molecule has 0 N–H and O–H groups in total. The molecule has 0 aliphatic heterocycles. The Morgan fingerprint density at radius 1 is 1.60 bits per heavy atom. The van der Waals surface area contributed by atoms with Gasteiger partial charge in [-0.15, -0.1) is 0 Å². The third-order valence-electron chi connectivity index (χ3n) is 1.60. The summed E-state index contributed by atoms with van der Waals surface area (Å²) in [7, 11) is 1.16. The second-order valence-electron chi connectivity index (χ2n) is 2.53. The van der Waals surface area contributed by atoms with Crippen LogP contribution in [0.3, 0.4) is 0 Å². The van der Waals surface area contributed by atoms with Crippen LogP contribution in [-0.4, -0.2) is 18.1 Å². The van der Waals surface area contributed by atoms with E-state index in [4.69, 9.17) is 11.8 Å². The fraction of sp³-hybridized carbons (Fsp3) is 0.125. The number of nitro benzene ring substituents is 1. The molecule has 1 aromatic rings. The molecule has 1 rings (SSSR count). The van der Waals surface area contributed by atoms with Gasteiger partial charge in [0, 0.05) is 23.9 Å². The van der Waals surface area contributed by atoms with Crippen LogP contribution in [0.2, 0.25) is 0 Å². The number of nitrogens with zero attached hydrogens (tertiary/aromatic N) is 2. The number of anilines is 1. The van der Waals surface area contributed by atoms with E-state index in [2.05, 4.69) is 4.74 Å². The standard InChI is InChI=1S/C8H7ClN2O4/c1-15-8(12)10(9)6-3-2-4-7(5-6)11(13)14/h2-5H,1H3. The fourth-order valence-corrected chi connectivity index (χ4v) is 1.09. The van der Waals surface area contributed by atoms with E-state index in [0.29, 0.717) is 4.42 Å². The van der Waals surface area contributed by atoms with Gasteiger partial charge >= 0.3 is 6.09 Å². The predicted molar refractivity (Wildman–Crippen MR) is 53.8 cm³/mol. The van der Waals surface area contributed by atoms with Gasteiger partial charge in [-0.05, 0) is 6.07 Å². The molecule has 0 spiro atoms. The van der Waals surface area contributed by atoms with E-state index in [9.17, 15) is 14.9 Å². The summed E-state index contributed by atoms with van der Waals surface area (Å²) in [5.41, 5.74) is 0.0276. The number of hydrogen-bond acceptors (Lipinski definition) is 4. The van der Waals surface area contributed by atoms with Crippen molar-refractivity contribution in [2.75, 3.05) is 11.5 Å². The maximum absolute atomic E-state index is 11.0. The summed E-state index contributed by atoms with van der Waals surface area (Å²) in [5, 5.41) is 10.4. The van der Waals surface area contributed by atoms with Crippen LogP contribution in [0.15, 0.2) is 24.3 Å². The van der Waals surface area contributed by atoms with Crippen LogP contribution in [0.4, 0.5) is 16.2 Å². The smallest absolute Gasteiger partial charge is 0.429 e. The largest absolute Gasteiger partial charge is 0.452 e. The number of rotatable bonds is 2. The number of carbonyl (C=O) groups excluding carboxylic acids is 1. The molecule has 7 heteroatoms. The van der Waals surface area contributed by atoms with Crippen LogP contribution in [0.5, 0.6) is 0 Å². The number of hydrogen-bond donors (Lipinski definition) is 0. The first kappa shape index (κ1) is 11.3. The van der Waals surface area contributed by atoms with Gasteiger partial charge in [-0.3, -0.25) is 10.1 Å². The second kappa shape index (κ2) is 4.61. The molecule has 0 unspecified atom stereocenters. The number of methoxy groups -OCH3 is 1. The highest BCUT2D eigenvalue weighted by atomic mass is 35.5. The van der Waals surface area contributed by atoms with E-state index in [1.54, 1.807) is 0 Å². The first-order valence-electron chi connectivity index (χ1n) is 3.84. The number of non-ortho nitro benzene ring substituents is 1. The molecule has 0 aromatic heterocycles. The molecule has 15 heavy (non-hydrogen) atoms. The quantitative estimate of drug-likeness (QED) is 0.444. The zero-order chi connectivity index (χ0) is 11.4. The fourth-order valence-electron chi connectivity index (χ4n) is 0.914. The van der Waals surface area contributed by atoms with Gasteiger partial charge in [0.25, 0.3) is 5.69 Å². The third-order valence-corrected chi connectivity index (χ3v) is 1.94. The van der Waals surface area contributed by atoms with Gasteiger partial charge in [-0.2, -0.15) is 4.42 Å². The van der Waals surface area contributed by atoms with Gasteiger partial charge in [0.1, 0.15) is 0 Å². The van der Waals surface area contributed by atoms with Crippen molar-refractivity contribution >= 4 is 29.2 Å². The Morgan fingerprint density at radius 2 is 2.27 bits per heavy atom. The molecule has 1 amide bonds. The van der Waals surface area contributed by atoms with Crippen molar-refractivity contribution in [3.63, 3.8) is 0 Å². The Morgan fingerprint density at radius 3 is 2.80 bits per heavy atom. The summed E-state index contributed by atoms with van der Waals surface area (Å²) in [5.74, 6) is 0. The molecule has 0 radical (unpaired) electrons. The van der Waals surface area contributed by atoms with E-state index < -0.39 is 11.0 Å². The minimum absolute atomic E-state index is 0.151. The lowest BCUT2D eigenvalue weighted by atomic mass is 10.3. The minimum Gasteiger partial charge on any atom is -0.452 e. The van der Waals surface area contributed by atoms with Crippen LogP contribution in [0.1, 0.15) is 0 Å². The molecule has 80 valence electrons. The van der Waals surface area contributed by atoms with Gasteiger partial charge in [-0.1, -0.05) is 6.07 Å². The molecule has 0 saturated carbocycles. The SMILES string of the molecule is COC(=O)N(Cl)c1cccc([N+](=O)[O-])c1. The van der Waals surface area contributed by atoms with Crippen LogP contribution < -0.4 is 4.42 Å². The molecule has 0 heterocycles. The number of amides is 1. The Bertz CT molecular complexity index is 396. The van der Waals surface area contributed by atoms with Gasteiger partial charge in [0.05, 0.1) is 17.7 Å². The highest BCUT2D eigenvalue weighted by Gasteiger charge is 2.16. The lowest BCUT2D eigenvalue weighted by molar-refractivity contribution is -0.384. The highest BCUT2D eigenvalue weighted by Crippen LogP contribution is 2.22.